The minimum atomic E-state index is -0.374. The van der Waals surface area contributed by atoms with Crippen molar-refractivity contribution in [2.75, 3.05) is 6.54 Å². The quantitative estimate of drug-likeness (QED) is 0.871. The Hall–Kier alpha value is -1.88. The van der Waals surface area contributed by atoms with E-state index in [4.69, 9.17) is 10.5 Å². The molecule has 5 heteroatoms. The lowest BCUT2D eigenvalue weighted by Gasteiger charge is -2.11. The van der Waals surface area contributed by atoms with Gasteiger partial charge in [-0.15, -0.1) is 0 Å². The molecule has 4 nitrogen and oxygen atoms in total. The number of ether oxygens (including phenoxy) is 1. The fourth-order valence-electron chi connectivity index (χ4n) is 1.79. The average molecular weight is 263 g/mol. The molecule has 0 aliphatic carbocycles. The molecule has 19 heavy (non-hydrogen) atoms. The molecule has 2 rings (SSSR count). The van der Waals surface area contributed by atoms with Crippen LogP contribution in [0.4, 0.5) is 4.39 Å². The fraction of sp³-hybridized carbons (Fsp3) is 0.357. The molecule has 1 aromatic carbocycles. The molecule has 1 aromatic heterocycles. The highest BCUT2D eigenvalue weighted by Gasteiger charge is 2.09. The number of benzene rings is 1. The molecule has 2 aromatic rings. The van der Waals surface area contributed by atoms with Crippen molar-refractivity contribution in [3.8, 4) is 17.0 Å². The zero-order chi connectivity index (χ0) is 13.8. The van der Waals surface area contributed by atoms with Crippen LogP contribution in [0.1, 0.15) is 19.7 Å². The van der Waals surface area contributed by atoms with Crippen LogP contribution < -0.4 is 10.5 Å². The summed E-state index contributed by atoms with van der Waals surface area (Å²) in [6.07, 6.45) is 2.31. The van der Waals surface area contributed by atoms with Crippen molar-refractivity contribution in [1.29, 1.82) is 0 Å². The maximum absolute atomic E-state index is 13.9. The third-order valence-electron chi connectivity index (χ3n) is 2.62. The van der Waals surface area contributed by atoms with Crippen molar-refractivity contribution in [3.05, 3.63) is 36.0 Å². The van der Waals surface area contributed by atoms with Crippen LogP contribution >= 0.6 is 0 Å². The SMILES string of the molecule is CC(C)Oc1ccc(-c2cnc(CCN)[nH]2)cc1F. The number of nitrogens with one attached hydrogen (secondary N) is 1. The number of rotatable bonds is 5. The van der Waals surface area contributed by atoms with Gasteiger partial charge < -0.3 is 15.5 Å². The van der Waals surface area contributed by atoms with Crippen molar-refractivity contribution < 1.29 is 9.13 Å². The molecular weight excluding hydrogens is 245 g/mol. The van der Waals surface area contributed by atoms with Crippen LogP contribution in [0.25, 0.3) is 11.3 Å². The number of nitrogens with two attached hydrogens (primary N) is 1. The number of nitrogens with zero attached hydrogens (tertiary/aromatic N) is 1. The lowest BCUT2D eigenvalue weighted by molar-refractivity contribution is 0.231. The molecule has 0 saturated heterocycles. The molecule has 0 radical (unpaired) electrons. The summed E-state index contributed by atoms with van der Waals surface area (Å²) >= 11 is 0. The van der Waals surface area contributed by atoms with Crippen LogP contribution in [-0.4, -0.2) is 22.6 Å². The minimum Gasteiger partial charge on any atom is -0.488 e. The Kier molecular flexibility index (Phi) is 4.16. The monoisotopic (exact) mass is 263 g/mol. The van der Waals surface area contributed by atoms with Gasteiger partial charge in [0.1, 0.15) is 5.82 Å². The smallest absolute Gasteiger partial charge is 0.165 e. The summed E-state index contributed by atoms with van der Waals surface area (Å²) in [5.74, 6) is 0.696. The molecule has 0 saturated carbocycles. The van der Waals surface area contributed by atoms with E-state index in [1.807, 2.05) is 13.8 Å². The van der Waals surface area contributed by atoms with Crippen molar-refractivity contribution >= 4 is 0 Å². The zero-order valence-electron chi connectivity index (χ0n) is 11.1. The van der Waals surface area contributed by atoms with Gasteiger partial charge in [-0.1, -0.05) is 0 Å². The predicted molar refractivity (Wildman–Crippen MR) is 72.5 cm³/mol. The summed E-state index contributed by atoms with van der Waals surface area (Å²) < 4.78 is 19.2. The van der Waals surface area contributed by atoms with Crippen LogP contribution in [0.15, 0.2) is 24.4 Å². The highest BCUT2D eigenvalue weighted by Crippen LogP contribution is 2.25. The first-order valence-corrected chi connectivity index (χ1v) is 6.30. The number of imidazole rings is 1. The summed E-state index contributed by atoms with van der Waals surface area (Å²) in [7, 11) is 0. The van der Waals surface area contributed by atoms with Crippen LogP contribution in [0.2, 0.25) is 0 Å². The predicted octanol–water partition coefficient (Wildman–Crippen LogP) is 2.50. The maximum Gasteiger partial charge on any atom is 0.165 e. The molecule has 0 atom stereocenters. The van der Waals surface area contributed by atoms with Crippen LogP contribution in [0, 0.1) is 5.82 Å². The van der Waals surface area contributed by atoms with Crippen LogP contribution in [-0.2, 0) is 6.42 Å². The van der Waals surface area contributed by atoms with E-state index < -0.39 is 0 Å². The number of H-pyrrole nitrogens is 1. The van der Waals surface area contributed by atoms with Gasteiger partial charge in [0, 0.05) is 12.0 Å². The van der Waals surface area contributed by atoms with E-state index in [1.165, 1.54) is 6.07 Å². The van der Waals surface area contributed by atoms with E-state index >= 15 is 0 Å². The Morgan fingerprint density at radius 2 is 2.21 bits per heavy atom. The molecule has 0 spiro atoms. The Balaban J connectivity index is 2.22. The fourth-order valence-corrected chi connectivity index (χ4v) is 1.79. The van der Waals surface area contributed by atoms with Gasteiger partial charge in [0.15, 0.2) is 11.6 Å². The number of aromatic nitrogens is 2. The van der Waals surface area contributed by atoms with Gasteiger partial charge in [0.2, 0.25) is 0 Å². The number of aromatic amines is 1. The van der Waals surface area contributed by atoms with Crippen LogP contribution in [0.3, 0.4) is 0 Å². The van der Waals surface area contributed by atoms with Gasteiger partial charge in [-0.05, 0) is 38.6 Å². The third kappa shape index (κ3) is 3.32. The highest BCUT2D eigenvalue weighted by molar-refractivity contribution is 5.59. The Morgan fingerprint density at radius 1 is 1.42 bits per heavy atom. The normalized spacial score (nSPS) is 11.0. The van der Waals surface area contributed by atoms with E-state index in [0.717, 1.165) is 17.1 Å². The standard InChI is InChI=1S/C14H18FN3O/c1-9(2)19-13-4-3-10(7-11(13)15)12-8-17-14(18-12)5-6-16/h3-4,7-9H,5-6,16H2,1-2H3,(H,17,18). The molecule has 0 bridgehead atoms. The van der Waals surface area contributed by atoms with Gasteiger partial charge in [0.05, 0.1) is 18.0 Å². The van der Waals surface area contributed by atoms with Crippen molar-refractivity contribution in [1.82, 2.24) is 9.97 Å². The van der Waals surface area contributed by atoms with Gasteiger partial charge in [-0.2, -0.15) is 0 Å². The second-order valence-electron chi connectivity index (χ2n) is 4.59. The van der Waals surface area contributed by atoms with Gasteiger partial charge >= 0.3 is 0 Å². The second-order valence-corrected chi connectivity index (χ2v) is 4.59. The lowest BCUT2D eigenvalue weighted by Crippen LogP contribution is -2.06. The average Bonchev–Trinajstić information content (AvgIpc) is 2.80. The van der Waals surface area contributed by atoms with Gasteiger partial charge in [-0.25, -0.2) is 9.37 Å². The molecule has 0 amide bonds. The van der Waals surface area contributed by atoms with Crippen molar-refractivity contribution in [2.45, 2.75) is 26.4 Å². The number of halogens is 1. The summed E-state index contributed by atoms with van der Waals surface area (Å²) in [6, 6.07) is 4.88. The summed E-state index contributed by atoms with van der Waals surface area (Å²) in [4.78, 5) is 7.31. The minimum absolute atomic E-state index is 0.0522. The largest absolute Gasteiger partial charge is 0.488 e. The summed E-state index contributed by atoms with van der Waals surface area (Å²) in [5.41, 5.74) is 6.98. The van der Waals surface area contributed by atoms with Crippen molar-refractivity contribution in [2.24, 2.45) is 5.73 Å². The van der Waals surface area contributed by atoms with E-state index in [2.05, 4.69) is 9.97 Å². The first-order chi connectivity index (χ1) is 9.10. The molecule has 0 aliphatic heterocycles. The highest BCUT2D eigenvalue weighted by atomic mass is 19.1. The first-order valence-electron chi connectivity index (χ1n) is 6.30. The maximum atomic E-state index is 13.9. The zero-order valence-corrected chi connectivity index (χ0v) is 11.1. The molecule has 0 fully saturated rings. The molecule has 1 heterocycles. The lowest BCUT2D eigenvalue weighted by atomic mass is 10.1. The van der Waals surface area contributed by atoms with Crippen molar-refractivity contribution in [3.63, 3.8) is 0 Å². The van der Waals surface area contributed by atoms with E-state index in [9.17, 15) is 4.39 Å². The third-order valence-corrected chi connectivity index (χ3v) is 2.62. The van der Waals surface area contributed by atoms with E-state index in [0.29, 0.717) is 13.0 Å². The molecular formula is C14H18FN3O. The molecule has 102 valence electrons. The van der Waals surface area contributed by atoms with Gasteiger partial charge in [-0.3, -0.25) is 0 Å². The Bertz CT molecular complexity index is 551. The summed E-state index contributed by atoms with van der Waals surface area (Å²) in [5, 5.41) is 0. The number of hydrogen-bond acceptors (Lipinski definition) is 3. The summed E-state index contributed by atoms with van der Waals surface area (Å²) in [6.45, 7) is 4.26. The topological polar surface area (TPSA) is 63.9 Å². The first kappa shape index (κ1) is 13.5. The molecule has 3 N–H and O–H groups in total. The van der Waals surface area contributed by atoms with E-state index in [1.54, 1.807) is 18.3 Å². The Morgan fingerprint density at radius 3 is 2.84 bits per heavy atom. The Labute approximate surface area is 111 Å². The van der Waals surface area contributed by atoms with E-state index in [-0.39, 0.29) is 17.7 Å². The molecule has 0 unspecified atom stereocenters. The number of hydrogen-bond donors (Lipinski definition) is 2. The second kappa shape index (κ2) is 5.84. The van der Waals surface area contributed by atoms with Gasteiger partial charge in [0.25, 0.3) is 0 Å². The van der Waals surface area contributed by atoms with Crippen LogP contribution in [0.5, 0.6) is 5.75 Å². The molecule has 0 aliphatic rings.